The number of rotatable bonds is 5. The molecule has 0 aliphatic heterocycles. The van der Waals surface area contributed by atoms with Gasteiger partial charge in [-0.05, 0) is 18.6 Å². The fourth-order valence-corrected chi connectivity index (χ4v) is 1.35. The van der Waals surface area contributed by atoms with Crippen molar-refractivity contribution in [1.82, 2.24) is 0 Å². The predicted octanol–water partition coefficient (Wildman–Crippen LogP) is 2.44. The van der Waals surface area contributed by atoms with E-state index in [1.165, 1.54) is 7.11 Å². The highest BCUT2D eigenvalue weighted by Crippen LogP contribution is 2.11. The van der Waals surface area contributed by atoms with E-state index in [9.17, 15) is 4.79 Å². The Morgan fingerprint density at radius 2 is 2.07 bits per heavy atom. The number of hydrogen-bond donors (Lipinski definition) is 1. The van der Waals surface area contributed by atoms with Gasteiger partial charge in [0.15, 0.2) is 0 Å². The number of methoxy groups -OCH3 is 1. The Morgan fingerprint density at radius 3 is 2.60 bits per heavy atom. The van der Waals surface area contributed by atoms with Crippen LogP contribution in [0.4, 0.5) is 5.69 Å². The van der Waals surface area contributed by atoms with Crippen molar-refractivity contribution in [3.63, 3.8) is 0 Å². The first-order chi connectivity index (χ1) is 7.26. The molecule has 0 spiro atoms. The molecule has 1 N–H and O–H groups in total. The van der Waals surface area contributed by atoms with E-state index in [1.807, 2.05) is 37.3 Å². The lowest BCUT2D eigenvalue weighted by Gasteiger charge is -2.16. The van der Waals surface area contributed by atoms with Gasteiger partial charge >= 0.3 is 5.97 Å². The molecule has 0 heterocycles. The number of nitrogens with one attached hydrogen (secondary N) is 1. The van der Waals surface area contributed by atoms with Crippen LogP contribution in [0.1, 0.15) is 19.8 Å². The highest BCUT2D eigenvalue weighted by molar-refractivity contribution is 5.70. The summed E-state index contributed by atoms with van der Waals surface area (Å²) in [7, 11) is 1.41. The van der Waals surface area contributed by atoms with Crippen LogP contribution < -0.4 is 5.32 Å². The molecule has 0 aromatic heterocycles. The summed E-state index contributed by atoms with van der Waals surface area (Å²) in [5.41, 5.74) is 1.04. The molecule has 0 unspecified atom stereocenters. The minimum absolute atomic E-state index is 0.139. The van der Waals surface area contributed by atoms with Crippen molar-refractivity contribution >= 4 is 11.7 Å². The molecule has 0 bridgehead atoms. The third-order valence-electron chi connectivity index (χ3n) is 2.28. The molecule has 1 rings (SSSR count). The highest BCUT2D eigenvalue weighted by Gasteiger charge is 2.11. The van der Waals surface area contributed by atoms with E-state index in [0.717, 1.165) is 12.1 Å². The van der Waals surface area contributed by atoms with Crippen molar-refractivity contribution in [3.05, 3.63) is 30.3 Å². The van der Waals surface area contributed by atoms with Gasteiger partial charge in [-0.2, -0.15) is 0 Å². The van der Waals surface area contributed by atoms with Crippen LogP contribution in [-0.4, -0.2) is 19.1 Å². The summed E-state index contributed by atoms with van der Waals surface area (Å²) in [6.45, 7) is 2.05. The molecule has 1 aromatic carbocycles. The summed E-state index contributed by atoms with van der Waals surface area (Å²) in [6, 6.07) is 10.0. The number of esters is 1. The van der Waals surface area contributed by atoms with Gasteiger partial charge in [-0.1, -0.05) is 25.1 Å². The maximum atomic E-state index is 11.1. The average molecular weight is 207 g/mol. The molecule has 1 atom stereocenters. The van der Waals surface area contributed by atoms with Gasteiger partial charge in [0, 0.05) is 11.7 Å². The lowest BCUT2D eigenvalue weighted by molar-refractivity contribution is -0.140. The van der Waals surface area contributed by atoms with Crippen LogP contribution in [0.2, 0.25) is 0 Å². The number of carbonyl (C=O) groups is 1. The summed E-state index contributed by atoms with van der Waals surface area (Å²) >= 11 is 0. The van der Waals surface area contributed by atoms with Crippen molar-refractivity contribution in [2.75, 3.05) is 12.4 Å². The van der Waals surface area contributed by atoms with Gasteiger partial charge in [-0.15, -0.1) is 0 Å². The fourth-order valence-electron chi connectivity index (χ4n) is 1.35. The Hall–Kier alpha value is -1.51. The van der Waals surface area contributed by atoms with Crippen LogP contribution in [0, 0.1) is 0 Å². The summed E-state index contributed by atoms with van der Waals surface area (Å²) in [4.78, 5) is 11.1. The van der Waals surface area contributed by atoms with Crippen LogP contribution >= 0.6 is 0 Å². The molecule has 0 aliphatic rings. The topological polar surface area (TPSA) is 38.3 Å². The second kappa shape index (κ2) is 6.06. The van der Waals surface area contributed by atoms with Crippen LogP contribution in [-0.2, 0) is 9.53 Å². The third-order valence-corrected chi connectivity index (χ3v) is 2.28. The van der Waals surface area contributed by atoms with Crippen molar-refractivity contribution in [2.24, 2.45) is 0 Å². The fraction of sp³-hybridized carbons (Fsp3) is 0.417. The van der Waals surface area contributed by atoms with E-state index in [0.29, 0.717) is 6.42 Å². The second-order valence-electron chi connectivity index (χ2n) is 3.40. The monoisotopic (exact) mass is 207 g/mol. The van der Waals surface area contributed by atoms with Gasteiger partial charge in [0.2, 0.25) is 0 Å². The van der Waals surface area contributed by atoms with Crippen molar-refractivity contribution < 1.29 is 9.53 Å². The number of anilines is 1. The van der Waals surface area contributed by atoms with Crippen LogP contribution in [0.3, 0.4) is 0 Å². The maximum absolute atomic E-state index is 11.1. The smallest absolute Gasteiger partial charge is 0.307 e. The van der Waals surface area contributed by atoms with Gasteiger partial charge in [0.1, 0.15) is 0 Å². The van der Waals surface area contributed by atoms with E-state index in [1.54, 1.807) is 0 Å². The number of para-hydroxylation sites is 1. The molecule has 15 heavy (non-hydrogen) atoms. The molecule has 0 fully saturated rings. The minimum Gasteiger partial charge on any atom is -0.469 e. The van der Waals surface area contributed by atoms with Crippen molar-refractivity contribution in [2.45, 2.75) is 25.8 Å². The van der Waals surface area contributed by atoms with Gasteiger partial charge in [-0.25, -0.2) is 0 Å². The number of ether oxygens (including phenoxy) is 1. The maximum Gasteiger partial charge on any atom is 0.307 e. The van der Waals surface area contributed by atoms with Gasteiger partial charge in [0.05, 0.1) is 13.5 Å². The van der Waals surface area contributed by atoms with Gasteiger partial charge in [0.25, 0.3) is 0 Å². The normalized spacial score (nSPS) is 11.9. The van der Waals surface area contributed by atoms with E-state index < -0.39 is 0 Å². The quantitative estimate of drug-likeness (QED) is 0.754. The van der Waals surface area contributed by atoms with Crippen LogP contribution in [0.15, 0.2) is 30.3 Å². The van der Waals surface area contributed by atoms with Crippen LogP contribution in [0.25, 0.3) is 0 Å². The number of carbonyl (C=O) groups excluding carboxylic acids is 1. The average Bonchev–Trinajstić information content (AvgIpc) is 2.29. The molecular weight excluding hydrogens is 190 g/mol. The Kier molecular flexibility index (Phi) is 4.68. The molecule has 0 saturated carbocycles. The van der Waals surface area contributed by atoms with E-state index in [-0.39, 0.29) is 12.0 Å². The molecule has 0 radical (unpaired) electrons. The van der Waals surface area contributed by atoms with Crippen molar-refractivity contribution in [3.8, 4) is 0 Å². The van der Waals surface area contributed by atoms with E-state index in [4.69, 9.17) is 0 Å². The predicted molar refractivity (Wildman–Crippen MR) is 60.8 cm³/mol. The Labute approximate surface area is 90.4 Å². The minimum atomic E-state index is -0.176. The van der Waals surface area contributed by atoms with Gasteiger partial charge in [-0.3, -0.25) is 4.79 Å². The third kappa shape index (κ3) is 4.02. The zero-order valence-electron chi connectivity index (χ0n) is 9.19. The molecule has 3 heteroatoms. The highest BCUT2D eigenvalue weighted by atomic mass is 16.5. The first kappa shape index (κ1) is 11.6. The first-order valence-corrected chi connectivity index (χ1v) is 5.14. The number of hydrogen-bond acceptors (Lipinski definition) is 3. The summed E-state index contributed by atoms with van der Waals surface area (Å²) < 4.78 is 4.64. The molecule has 0 amide bonds. The zero-order chi connectivity index (χ0) is 11.1. The molecule has 3 nitrogen and oxygen atoms in total. The standard InChI is InChI=1S/C12H17NO2/c1-3-10(9-12(14)15-2)13-11-7-5-4-6-8-11/h4-8,10,13H,3,9H2,1-2H3/t10-/m1/s1. The molecule has 0 aliphatic carbocycles. The summed E-state index contributed by atoms with van der Waals surface area (Å²) in [5.74, 6) is -0.176. The SMILES string of the molecule is CC[C@H](CC(=O)OC)Nc1ccccc1. The van der Waals surface area contributed by atoms with E-state index >= 15 is 0 Å². The summed E-state index contributed by atoms with van der Waals surface area (Å²) in [5, 5.41) is 3.29. The molecule has 1 aromatic rings. The number of benzene rings is 1. The second-order valence-corrected chi connectivity index (χ2v) is 3.40. The Morgan fingerprint density at radius 1 is 1.40 bits per heavy atom. The largest absolute Gasteiger partial charge is 0.469 e. The summed E-state index contributed by atoms with van der Waals surface area (Å²) in [6.07, 6.45) is 1.30. The zero-order valence-corrected chi connectivity index (χ0v) is 9.19. The van der Waals surface area contributed by atoms with Gasteiger partial charge < -0.3 is 10.1 Å². The molecule has 0 saturated heterocycles. The molecular formula is C12H17NO2. The van der Waals surface area contributed by atoms with Crippen LogP contribution in [0.5, 0.6) is 0 Å². The Balaban J connectivity index is 2.50. The molecule has 82 valence electrons. The lowest BCUT2D eigenvalue weighted by atomic mass is 10.1. The lowest BCUT2D eigenvalue weighted by Crippen LogP contribution is -2.22. The van der Waals surface area contributed by atoms with Crippen molar-refractivity contribution in [1.29, 1.82) is 0 Å². The Bertz CT molecular complexity index is 298. The first-order valence-electron chi connectivity index (χ1n) is 5.14. The van der Waals surface area contributed by atoms with E-state index in [2.05, 4.69) is 10.1 Å².